The first-order chi connectivity index (χ1) is 16.3. The van der Waals surface area contributed by atoms with E-state index in [0.717, 1.165) is 46.3 Å². The van der Waals surface area contributed by atoms with Gasteiger partial charge in [0.15, 0.2) is 17.5 Å². The van der Waals surface area contributed by atoms with Gasteiger partial charge >= 0.3 is 0 Å². The van der Waals surface area contributed by atoms with Crippen molar-refractivity contribution in [1.82, 2.24) is 34.9 Å². The molecule has 1 atom stereocenters. The molecule has 1 saturated carbocycles. The van der Waals surface area contributed by atoms with Crippen molar-refractivity contribution < 1.29 is 0 Å². The van der Waals surface area contributed by atoms with Crippen molar-refractivity contribution in [2.45, 2.75) is 58.0 Å². The molecule has 1 unspecified atom stereocenters. The van der Waals surface area contributed by atoms with Gasteiger partial charge in [-0.15, -0.1) is 10.2 Å². The molecular formula is C25H26N8. The zero-order chi connectivity index (χ0) is 22.4. The molecule has 2 aliphatic rings. The van der Waals surface area contributed by atoms with Gasteiger partial charge in [0.25, 0.3) is 0 Å². The lowest BCUT2D eigenvalue weighted by Gasteiger charge is -2.41. The number of anilines is 1. The van der Waals surface area contributed by atoms with E-state index in [4.69, 9.17) is 9.97 Å². The summed E-state index contributed by atoms with van der Waals surface area (Å²) in [5.41, 5.74) is 3.88. The summed E-state index contributed by atoms with van der Waals surface area (Å²) in [7, 11) is 0. The maximum atomic E-state index is 5.18. The lowest BCUT2D eigenvalue weighted by molar-refractivity contribution is 0.468. The van der Waals surface area contributed by atoms with Gasteiger partial charge in [-0.25, -0.2) is 9.97 Å². The van der Waals surface area contributed by atoms with Crippen LogP contribution in [0.1, 0.15) is 56.7 Å². The Morgan fingerprint density at radius 2 is 1.70 bits per heavy atom. The van der Waals surface area contributed by atoms with Crippen LogP contribution in [0.2, 0.25) is 0 Å². The van der Waals surface area contributed by atoms with E-state index in [9.17, 15) is 0 Å². The van der Waals surface area contributed by atoms with Gasteiger partial charge in [-0.2, -0.15) is 10.2 Å². The van der Waals surface area contributed by atoms with Crippen molar-refractivity contribution >= 4 is 5.82 Å². The van der Waals surface area contributed by atoms with Gasteiger partial charge in [0.05, 0.1) is 24.6 Å². The van der Waals surface area contributed by atoms with Crippen LogP contribution in [0.5, 0.6) is 0 Å². The minimum atomic E-state index is 0.147. The van der Waals surface area contributed by atoms with E-state index in [1.807, 2.05) is 31.3 Å². The summed E-state index contributed by atoms with van der Waals surface area (Å²) in [6.45, 7) is 4.21. The van der Waals surface area contributed by atoms with E-state index in [2.05, 4.69) is 48.9 Å². The van der Waals surface area contributed by atoms with Gasteiger partial charge in [-0.05, 0) is 31.7 Å². The Morgan fingerprint density at radius 1 is 0.939 bits per heavy atom. The summed E-state index contributed by atoms with van der Waals surface area (Å²) in [5, 5.41) is 17.3. The maximum absolute atomic E-state index is 5.18. The molecule has 1 aromatic carbocycles. The largest absolute Gasteiger partial charge is 0.342 e. The molecule has 0 saturated heterocycles. The molecule has 0 bridgehead atoms. The average Bonchev–Trinajstić information content (AvgIpc) is 3.54. The van der Waals surface area contributed by atoms with E-state index in [-0.39, 0.29) is 6.04 Å². The van der Waals surface area contributed by atoms with Crippen molar-refractivity contribution in [3.8, 4) is 28.2 Å². The SMILES string of the molecule is CCC1c2nnc(C)n2-c2cnc(-c3cnncc3-c3ccccc3)nc2N1C1CCCC1. The van der Waals surface area contributed by atoms with Crippen LogP contribution in [0.3, 0.4) is 0 Å². The molecule has 4 aromatic rings. The summed E-state index contributed by atoms with van der Waals surface area (Å²) >= 11 is 0. The van der Waals surface area contributed by atoms with Crippen LogP contribution in [-0.2, 0) is 0 Å². The molecule has 33 heavy (non-hydrogen) atoms. The number of benzene rings is 1. The predicted molar refractivity (Wildman–Crippen MR) is 126 cm³/mol. The summed E-state index contributed by atoms with van der Waals surface area (Å²) in [6, 6.07) is 10.8. The number of fused-ring (bicyclic) bond motifs is 3. The predicted octanol–water partition coefficient (Wildman–Crippen LogP) is 4.70. The lowest BCUT2D eigenvalue weighted by atomic mass is 10.0. The Balaban J connectivity index is 1.55. The molecule has 0 amide bonds. The van der Waals surface area contributed by atoms with Crippen molar-refractivity contribution in [1.29, 1.82) is 0 Å². The number of aryl methyl sites for hydroxylation is 1. The normalized spacial score (nSPS) is 17.8. The highest BCUT2D eigenvalue weighted by atomic mass is 15.4. The molecule has 4 heterocycles. The van der Waals surface area contributed by atoms with Crippen LogP contribution >= 0.6 is 0 Å². The van der Waals surface area contributed by atoms with E-state index < -0.39 is 0 Å². The molecule has 8 nitrogen and oxygen atoms in total. The number of hydrogen-bond donors (Lipinski definition) is 0. The molecule has 0 radical (unpaired) electrons. The first-order valence-electron chi connectivity index (χ1n) is 11.7. The summed E-state index contributed by atoms with van der Waals surface area (Å²) in [5.74, 6) is 3.48. The number of aromatic nitrogens is 7. The highest BCUT2D eigenvalue weighted by molar-refractivity contribution is 5.80. The smallest absolute Gasteiger partial charge is 0.163 e. The zero-order valence-electron chi connectivity index (χ0n) is 18.9. The molecule has 0 N–H and O–H groups in total. The number of hydrogen-bond acceptors (Lipinski definition) is 7. The molecule has 166 valence electrons. The topological polar surface area (TPSA) is 85.5 Å². The minimum Gasteiger partial charge on any atom is -0.342 e. The standard InChI is InChI=1S/C25H26N8/c1-3-21-25-31-30-16(2)32(25)22-15-26-23(29-24(22)33(21)18-11-7-8-12-18)20-14-28-27-13-19(20)17-9-5-4-6-10-17/h4-6,9-10,13-15,18,21H,3,7-8,11-12H2,1-2H3. The molecule has 1 fully saturated rings. The van der Waals surface area contributed by atoms with Gasteiger partial charge in [0.1, 0.15) is 11.5 Å². The van der Waals surface area contributed by atoms with E-state index >= 15 is 0 Å². The van der Waals surface area contributed by atoms with Crippen LogP contribution in [0.4, 0.5) is 5.82 Å². The molecule has 1 aliphatic heterocycles. The van der Waals surface area contributed by atoms with Gasteiger partial charge < -0.3 is 4.90 Å². The maximum Gasteiger partial charge on any atom is 0.163 e. The first kappa shape index (κ1) is 20.0. The Labute approximate surface area is 192 Å². The molecule has 8 heteroatoms. The van der Waals surface area contributed by atoms with Crippen molar-refractivity contribution in [3.05, 3.63) is 60.6 Å². The minimum absolute atomic E-state index is 0.147. The van der Waals surface area contributed by atoms with Crippen LogP contribution in [0.15, 0.2) is 48.9 Å². The highest BCUT2D eigenvalue weighted by Crippen LogP contribution is 2.44. The van der Waals surface area contributed by atoms with Crippen LogP contribution < -0.4 is 4.90 Å². The van der Waals surface area contributed by atoms with Crippen molar-refractivity contribution in [2.24, 2.45) is 0 Å². The lowest BCUT2D eigenvalue weighted by Crippen LogP contribution is -2.42. The van der Waals surface area contributed by atoms with E-state index in [1.54, 1.807) is 12.4 Å². The van der Waals surface area contributed by atoms with Crippen molar-refractivity contribution in [2.75, 3.05) is 4.90 Å². The van der Waals surface area contributed by atoms with Crippen molar-refractivity contribution in [3.63, 3.8) is 0 Å². The summed E-state index contributed by atoms with van der Waals surface area (Å²) in [4.78, 5) is 12.5. The number of nitrogens with zero attached hydrogens (tertiary/aromatic N) is 8. The quantitative estimate of drug-likeness (QED) is 0.456. The Bertz CT molecular complexity index is 1290. The fourth-order valence-electron chi connectivity index (χ4n) is 5.34. The van der Waals surface area contributed by atoms with E-state index in [0.29, 0.717) is 11.9 Å². The van der Waals surface area contributed by atoms with Crippen LogP contribution in [0.25, 0.3) is 28.2 Å². The Morgan fingerprint density at radius 3 is 2.45 bits per heavy atom. The summed E-state index contributed by atoms with van der Waals surface area (Å²) in [6.07, 6.45) is 11.3. The molecular weight excluding hydrogens is 412 g/mol. The highest BCUT2D eigenvalue weighted by Gasteiger charge is 2.39. The Hall–Kier alpha value is -3.68. The first-order valence-corrected chi connectivity index (χ1v) is 11.7. The molecule has 1 aliphatic carbocycles. The second-order valence-corrected chi connectivity index (χ2v) is 8.80. The Kier molecular flexibility index (Phi) is 4.86. The average molecular weight is 439 g/mol. The second-order valence-electron chi connectivity index (χ2n) is 8.80. The van der Waals surface area contributed by atoms with Crippen LogP contribution in [0, 0.1) is 6.92 Å². The van der Waals surface area contributed by atoms with Gasteiger partial charge in [-0.3, -0.25) is 4.57 Å². The van der Waals surface area contributed by atoms with Gasteiger partial charge in [-0.1, -0.05) is 50.1 Å². The molecule has 3 aromatic heterocycles. The van der Waals surface area contributed by atoms with Crippen LogP contribution in [-0.4, -0.2) is 41.0 Å². The third-order valence-electron chi connectivity index (χ3n) is 6.88. The number of rotatable bonds is 4. The molecule has 6 rings (SSSR count). The molecule has 0 spiro atoms. The third-order valence-corrected chi connectivity index (χ3v) is 6.88. The van der Waals surface area contributed by atoms with E-state index in [1.165, 1.54) is 25.7 Å². The van der Waals surface area contributed by atoms with Gasteiger partial charge in [0.2, 0.25) is 0 Å². The summed E-state index contributed by atoms with van der Waals surface area (Å²) < 4.78 is 2.13. The second kappa shape index (κ2) is 8.03. The van der Waals surface area contributed by atoms with Gasteiger partial charge in [0, 0.05) is 17.2 Å². The fraction of sp³-hybridized carbons (Fsp3) is 0.360. The fourth-order valence-corrected chi connectivity index (χ4v) is 5.34. The third kappa shape index (κ3) is 3.20. The monoisotopic (exact) mass is 438 g/mol. The zero-order valence-corrected chi connectivity index (χ0v) is 18.9.